The molecule has 3 amide bonds. The number of hydrogen-bond donors (Lipinski definition) is 2. The smallest absolute Gasteiger partial charge is 0.350 e. The van der Waals surface area contributed by atoms with Crippen molar-refractivity contribution in [1.82, 2.24) is 4.98 Å². The fraction of sp³-hybridized carbons (Fsp3) is 0.154. The molecule has 0 aliphatic carbocycles. The molecule has 2 aromatic carbocycles. The number of carbonyl (C=O) groups excluding carboxylic acids is 5. The summed E-state index contributed by atoms with van der Waals surface area (Å²) in [6.45, 7) is 3.57. The molecule has 0 fully saturated rings. The number of anilines is 3. The summed E-state index contributed by atoms with van der Waals surface area (Å²) in [4.78, 5) is 67.4. The third-order valence-electron chi connectivity index (χ3n) is 5.47. The molecular weight excluding hydrogens is 548 g/mol. The van der Waals surface area contributed by atoms with Crippen LogP contribution in [0, 0.1) is 6.92 Å². The second-order valence-corrected chi connectivity index (χ2v) is 9.36. The molecule has 0 unspecified atom stereocenters. The van der Waals surface area contributed by atoms with Crippen LogP contribution in [0.2, 0.25) is 0 Å². The number of hydrogen-bond acceptors (Lipinski definition) is 10. The molecule has 2 N–H and O–H groups in total. The number of esters is 2. The van der Waals surface area contributed by atoms with E-state index < -0.39 is 29.7 Å². The number of imide groups is 1. The lowest BCUT2D eigenvalue weighted by Gasteiger charge is -2.15. The molecule has 2 heterocycles. The molecule has 0 saturated heterocycles. The summed E-state index contributed by atoms with van der Waals surface area (Å²) >= 11 is 7.19. The lowest BCUT2D eigenvalue weighted by molar-refractivity contribution is -0.120. The van der Waals surface area contributed by atoms with Gasteiger partial charge in [-0.25, -0.2) is 19.5 Å². The van der Waals surface area contributed by atoms with Crippen molar-refractivity contribution in [2.24, 2.45) is 0 Å². The standard InChI is InChI=1S/C26H21ClN4O7S/c1-4-38-25(36)20-13(2)28-26(39-20)30-21(32)14-5-9-16(10-6-14)29-19-18(27)22(33)31(23(19)34)17-11-7-15(8-12-17)24(35)37-3/h5-12,29H,4H2,1-3H3,(H,28,30,32). The van der Waals surface area contributed by atoms with E-state index in [0.717, 1.165) is 16.2 Å². The summed E-state index contributed by atoms with van der Waals surface area (Å²) in [5, 5.41) is 5.41. The van der Waals surface area contributed by atoms with Gasteiger partial charge in [0, 0.05) is 11.3 Å². The zero-order valence-corrected chi connectivity index (χ0v) is 22.4. The average Bonchev–Trinajstić information content (AvgIpc) is 3.40. The van der Waals surface area contributed by atoms with Crippen molar-refractivity contribution >= 4 is 69.1 Å². The monoisotopic (exact) mass is 568 g/mol. The predicted molar refractivity (Wildman–Crippen MR) is 144 cm³/mol. The number of ether oxygens (including phenoxy) is 2. The van der Waals surface area contributed by atoms with Crippen LogP contribution in [0.1, 0.15) is 43.0 Å². The number of aromatic nitrogens is 1. The molecule has 0 spiro atoms. The van der Waals surface area contributed by atoms with E-state index in [4.69, 9.17) is 16.3 Å². The molecule has 1 aliphatic rings. The third kappa shape index (κ3) is 5.66. The molecular formula is C26H21ClN4O7S. The first-order valence-electron chi connectivity index (χ1n) is 11.4. The van der Waals surface area contributed by atoms with Gasteiger partial charge in [0.15, 0.2) is 5.13 Å². The quantitative estimate of drug-likeness (QED) is 0.303. The lowest BCUT2D eigenvalue weighted by atomic mass is 10.2. The van der Waals surface area contributed by atoms with Crippen LogP contribution < -0.4 is 15.5 Å². The van der Waals surface area contributed by atoms with Crippen LogP contribution in [0.15, 0.2) is 59.3 Å². The first-order valence-corrected chi connectivity index (χ1v) is 12.6. The number of amides is 3. The highest BCUT2D eigenvalue weighted by Crippen LogP contribution is 2.30. The minimum Gasteiger partial charge on any atom is -0.465 e. The molecule has 0 radical (unpaired) electrons. The summed E-state index contributed by atoms with van der Waals surface area (Å²) in [5.41, 5.74) is 1.48. The van der Waals surface area contributed by atoms with Crippen molar-refractivity contribution in [3.8, 4) is 0 Å². The number of rotatable bonds is 8. The molecule has 13 heteroatoms. The Kier molecular flexibility index (Phi) is 8.07. The topological polar surface area (TPSA) is 144 Å². The first-order chi connectivity index (χ1) is 18.6. The normalized spacial score (nSPS) is 13.0. The lowest BCUT2D eigenvalue weighted by Crippen LogP contribution is -2.32. The van der Waals surface area contributed by atoms with Crippen molar-refractivity contribution in [3.63, 3.8) is 0 Å². The van der Waals surface area contributed by atoms with Crippen LogP contribution in [-0.2, 0) is 19.1 Å². The number of halogens is 1. The Morgan fingerprint density at radius 2 is 1.62 bits per heavy atom. The first kappa shape index (κ1) is 27.5. The zero-order chi connectivity index (χ0) is 28.3. The van der Waals surface area contributed by atoms with Gasteiger partial charge < -0.3 is 14.8 Å². The summed E-state index contributed by atoms with van der Waals surface area (Å²) in [5.74, 6) is -2.94. The van der Waals surface area contributed by atoms with Crippen LogP contribution in [0.25, 0.3) is 0 Å². The number of nitrogens with zero attached hydrogens (tertiary/aromatic N) is 2. The molecule has 4 rings (SSSR count). The van der Waals surface area contributed by atoms with E-state index in [2.05, 4.69) is 20.4 Å². The van der Waals surface area contributed by atoms with E-state index in [1.807, 2.05) is 0 Å². The largest absolute Gasteiger partial charge is 0.465 e. The Morgan fingerprint density at radius 3 is 2.23 bits per heavy atom. The number of methoxy groups -OCH3 is 1. The second kappa shape index (κ2) is 11.5. The van der Waals surface area contributed by atoms with Gasteiger partial charge in [0.05, 0.1) is 30.7 Å². The summed E-state index contributed by atoms with van der Waals surface area (Å²) < 4.78 is 9.63. The predicted octanol–water partition coefficient (Wildman–Crippen LogP) is 4.10. The molecule has 0 saturated carbocycles. The maximum absolute atomic E-state index is 13.0. The average molecular weight is 569 g/mol. The van der Waals surface area contributed by atoms with Crippen molar-refractivity contribution in [2.45, 2.75) is 13.8 Å². The van der Waals surface area contributed by atoms with Crippen LogP contribution in [0.5, 0.6) is 0 Å². The molecule has 3 aromatic rings. The van der Waals surface area contributed by atoms with E-state index >= 15 is 0 Å². The SMILES string of the molecule is CCOC(=O)c1sc(NC(=O)c2ccc(NC3=C(Cl)C(=O)N(c4ccc(C(=O)OC)cc4)C3=O)cc2)nc1C. The van der Waals surface area contributed by atoms with E-state index in [1.165, 1.54) is 55.6 Å². The second-order valence-electron chi connectivity index (χ2n) is 7.98. The Bertz CT molecular complexity index is 1510. The summed E-state index contributed by atoms with van der Waals surface area (Å²) in [6.07, 6.45) is 0. The Morgan fingerprint density at radius 1 is 0.974 bits per heavy atom. The Balaban J connectivity index is 1.44. The number of thiazole rings is 1. The van der Waals surface area contributed by atoms with E-state index in [1.54, 1.807) is 13.8 Å². The van der Waals surface area contributed by atoms with Gasteiger partial charge in [-0.3, -0.25) is 19.7 Å². The fourth-order valence-electron chi connectivity index (χ4n) is 3.56. The molecule has 1 aromatic heterocycles. The molecule has 200 valence electrons. The van der Waals surface area contributed by atoms with Gasteiger partial charge in [0.25, 0.3) is 17.7 Å². The molecule has 11 nitrogen and oxygen atoms in total. The van der Waals surface area contributed by atoms with Crippen LogP contribution in [0.4, 0.5) is 16.5 Å². The van der Waals surface area contributed by atoms with Crippen molar-refractivity contribution in [3.05, 3.63) is 81.0 Å². The fourth-order valence-corrected chi connectivity index (χ4v) is 4.63. The highest BCUT2D eigenvalue weighted by molar-refractivity contribution is 7.17. The maximum Gasteiger partial charge on any atom is 0.350 e. The van der Waals surface area contributed by atoms with Gasteiger partial charge >= 0.3 is 11.9 Å². The highest BCUT2D eigenvalue weighted by atomic mass is 35.5. The van der Waals surface area contributed by atoms with Gasteiger partial charge in [-0.1, -0.05) is 22.9 Å². The van der Waals surface area contributed by atoms with Crippen LogP contribution in [0.3, 0.4) is 0 Å². The van der Waals surface area contributed by atoms with Gasteiger partial charge in [-0.05, 0) is 62.4 Å². The van der Waals surface area contributed by atoms with Crippen LogP contribution >= 0.6 is 22.9 Å². The minimum atomic E-state index is -0.730. The Labute approximate surface area is 231 Å². The maximum atomic E-state index is 13.0. The molecule has 0 atom stereocenters. The summed E-state index contributed by atoms with van der Waals surface area (Å²) in [6, 6.07) is 11.8. The molecule has 39 heavy (non-hydrogen) atoms. The number of aryl methyl sites for hydroxylation is 1. The van der Waals surface area contributed by atoms with E-state index in [9.17, 15) is 24.0 Å². The van der Waals surface area contributed by atoms with Crippen molar-refractivity contribution in [1.29, 1.82) is 0 Å². The van der Waals surface area contributed by atoms with E-state index in [0.29, 0.717) is 16.3 Å². The zero-order valence-electron chi connectivity index (χ0n) is 20.9. The molecule has 1 aliphatic heterocycles. The van der Waals surface area contributed by atoms with Crippen LogP contribution in [-0.4, -0.2) is 48.4 Å². The molecule has 0 bridgehead atoms. The Hall–Kier alpha value is -4.55. The summed E-state index contributed by atoms with van der Waals surface area (Å²) in [7, 11) is 1.25. The number of carbonyl (C=O) groups is 5. The van der Waals surface area contributed by atoms with E-state index in [-0.39, 0.29) is 39.3 Å². The minimum absolute atomic E-state index is 0.138. The number of nitrogens with one attached hydrogen (secondary N) is 2. The third-order valence-corrected chi connectivity index (χ3v) is 6.87. The number of benzene rings is 2. The van der Waals surface area contributed by atoms with Crippen molar-refractivity contribution < 1.29 is 33.4 Å². The van der Waals surface area contributed by atoms with Gasteiger partial charge in [0.1, 0.15) is 15.6 Å². The van der Waals surface area contributed by atoms with Gasteiger partial charge in [-0.15, -0.1) is 0 Å². The van der Waals surface area contributed by atoms with Gasteiger partial charge in [-0.2, -0.15) is 0 Å². The van der Waals surface area contributed by atoms with Gasteiger partial charge in [0.2, 0.25) is 0 Å². The highest BCUT2D eigenvalue weighted by Gasteiger charge is 2.39. The van der Waals surface area contributed by atoms with Crippen molar-refractivity contribution in [2.75, 3.05) is 29.3 Å².